The fraction of sp³-hybridized carbons (Fsp3) is 0. The first-order valence-electron chi connectivity index (χ1n) is 9.65. The Balaban J connectivity index is 1.89. The third kappa shape index (κ3) is 3.98. The second-order valence-corrected chi connectivity index (χ2v) is 6.64. The van der Waals surface area contributed by atoms with E-state index in [0.717, 1.165) is 0 Å². The molecule has 4 aromatic carbocycles. The van der Waals surface area contributed by atoms with Gasteiger partial charge in [0.15, 0.2) is 0 Å². The van der Waals surface area contributed by atoms with Crippen LogP contribution in [0.1, 0.15) is 20.7 Å². The summed E-state index contributed by atoms with van der Waals surface area (Å²) in [7, 11) is 0. The summed E-state index contributed by atoms with van der Waals surface area (Å²) in [6.45, 7) is 0. The van der Waals surface area contributed by atoms with Crippen molar-refractivity contribution in [3.8, 4) is 0 Å². The van der Waals surface area contributed by atoms with Crippen LogP contribution in [0.4, 0.5) is 11.4 Å². The molecule has 0 aliphatic heterocycles. The fourth-order valence-electron chi connectivity index (χ4n) is 3.19. The molecule has 0 spiro atoms. The van der Waals surface area contributed by atoms with Gasteiger partial charge in [0.1, 0.15) is 0 Å². The van der Waals surface area contributed by atoms with E-state index in [1.807, 2.05) is 97.1 Å². The largest absolute Gasteiger partial charge is 0.277 e. The van der Waals surface area contributed by atoms with E-state index in [0.29, 0.717) is 22.5 Å². The first kappa shape index (κ1) is 19.2. The second-order valence-electron chi connectivity index (χ2n) is 6.64. The summed E-state index contributed by atoms with van der Waals surface area (Å²) < 4.78 is 0. The summed E-state index contributed by atoms with van der Waals surface area (Å²) in [5.41, 5.74) is 2.17. The number of amides is 2. The van der Waals surface area contributed by atoms with E-state index in [1.54, 1.807) is 24.3 Å². The Kier molecular flexibility index (Phi) is 5.67. The highest BCUT2D eigenvalue weighted by molar-refractivity contribution is 6.16. The summed E-state index contributed by atoms with van der Waals surface area (Å²) >= 11 is 0. The lowest BCUT2D eigenvalue weighted by Crippen LogP contribution is -2.50. The Labute approximate surface area is 175 Å². The minimum atomic E-state index is -0.296. The monoisotopic (exact) mass is 392 g/mol. The zero-order valence-corrected chi connectivity index (χ0v) is 16.3. The molecule has 0 heterocycles. The van der Waals surface area contributed by atoms with Crippen molar-refractivity contribution in [3.05, 3.63) is 132 Å². The lowest BCUT2D eigenvalue weighted by Gasteiger charge is -2.35. The third-order valence-electron chi connectivity index (χ3n) is 4.63. The highest BCUT2D eigenvalue weighted by Gasteiger charge is 2.30. The molecule has 30 heavy (non-hydrogen) atoms. The Morgan fingerprint density at radius 3 is 0.967 bits per heavy atom. The molecule has 0 aliphatic rings. The zero-order chi connectivity index (χ0) is 20.8. The van der Waals surface area contributed by atoms with E-state index >= 15 is 0 Å². The van der Waals surface area contributed by atoms with E-state index < -0.39 is 0 Å². The van der Waals surface area contributed by atoms with Crippen molar-refractivity contribution in [1.29, 1.82) is 0 Å². The molecular formula is C26H20N2O2. The van der Waals surface area contributed by atoms with Crippen LogP contribution in [0.25, 0.3) is 0 Å². The molecule has 4 heteroatoms. The maximum atomic E-state index is 13.6. The molecule has 0 atom stereocenters. The lowest BCUT2D eigenvalue weighted by molar-refractivity contribution is 0.0922. The molecule has 0 saturated carbocycles. The summed E-state index contributed by atoms with van der Waals surface area (Å²) in [6.07, 6.45) is 0. The Morgan fingerprint density at radius 1 is 0.400 bits per heavy atom. The van der Waals surface area contributed by atoms with Crippen molar-refractivity contribution < 1.29 is 9.59 Å². The van der Waals surface area contributed by atoms with Gasteiger partial charge in [-0.15, -0.1) is 0 Å². The maximum Gasteiger partial charge on any atom is 0.277 e. The molecule has 4 rings (SSSR count). The fourth-order valence-corrected chi connectivity index (χ4v) is 3.19. The van der Waals surface area contributed by atoms with Crippen LogP contribution in [0.15, 0.2) is 121 Å². The van der Waals surface area contributed by atoms with E-state index in [-0.39, 0.29) is 11.8 Å². The van der Waals surface area contributed by atoms with Crippen LogP contribution >= 0.6 is 0 Å². The van der Waals surface area contributed by atoms with Gasteiger partial charge in [-0.1, -0.05) is 72.8 Å². The Bertz CT molecular complexity index is 1020. The van der Waals surface area contributed by atoms with Gasteiger partial charge in [0.05, 0.1) is 11.4 Å². The molecule has 0 bridgehead atoms. The number of hydrogen-bond donors (Lipinski definition) is 0. The van der Waals surface area contributed by atoms with Crippen LogP contribution in [0, 0.1) is 0 Å². The van der Waals surface area contributed by atoms with Crippen molar-refractivity contribution >= 4 is 23.2 Å². The van der Waals surface area contributed by atoms with Crippen molar-refractivity contribution in [2.45, 2.75) is 0 Å². The number of benzene rings is 4. The molecule has 2 amide bonds. The average molecular weight is 392 g/mol. The number of hydrogen-bond acceptors (Lipinski definition) is 2. The van der Waals surface area contributed by atoms with Crippen molar-refractivity contribution in [2.24, 2.45) is 0 Å². The molecular weight excluding hydrogens is 372 g/mol. The molecule has 4 nitrogen and oxygen atoms in total. The first-order chi connectivity index (χ1) is 14.8. The third-order valence-corrected chi connectivity index (χ3v) is 4.63. The number of anilines is 2. The van der Waals surface area contributed by atoms with Gasteiger partial charge in [-0.25, -0.2) is 10.0 Å². The number of nitrogens with zero attached hydrogens (tertiary/aromatic N) is 2. The number of carbonyl (C=O) groups is 2. The van der Waals surface area contributed by atoms with Gasteiger partial charge in [-0.2, -0.15) is 0 Å². The Morgan fingerprint density at radius 2 is 0.667 bits per heavy atom. The smallest absolute Gasteiger partial charge is 0.267 e. The summed E-state index contributed by atoms with van der Waals surface area (Å²) in [5.74, 6) is -0.593. The van der Waals surface area contributed by atoms with Crippen LogP contribution < -0.4 is 10.0 Å². The van der Waals surface area contributed by atoms with Crippen LogP contribution in [-0.4, -0.2) is 11.8 Å². The minimum Gasteiger partial charge on any atom is -0.267 e. The average Bonchev–Trinajstić information content (AvgIpc) is 2.84. The van der Waals surface area contributed by atoms with Gasteiger partial charge in [0, 0.05) is 11.1 Å². The highest BCUT2D eigenvalue weighted by Crippen LogP contribution is 2.26. The van der Waals surface area contributed by atoms with E-state index in [9.17, 15) is 9.59 Å². The first-order valence-corrected chi connectivity index (χ1v) is 9.65. The van der Waals surface area contributed by atoms with Gasteiger partial charge in [-0.3, -0.25) is 9.59 Å². The number of rotatable bonds is 4. The molecule has 0 N–H and O–H groups in total. The zero-order valence-electron chi connectivity index (χ0n) is 16.3. The number of hydrazine groups is 1. The van der Waals surface area contributed by atoms with Crippen LogP contribution in [-0.2, 0) is 0 Å². The van der Waals surface area contributed by atoms with Crippen LogP contribution in [0.3, 0.4) is 0 Å². The highest BCUT2D eigenvalue weighted by atomic mass is 16.2. The number of para-hydroxylation sites is 2. The molecule has 146 valence electrons. The molecule has 0 saturated heterocycles. The predicted molar refractivity (Wildman–Crippen MR) is 119 cm³/mol. The molecule has 0 unspecified atom stereocenters. The van der Waals surface area contributed by atoms with Gasteiger partial charge in [0.2, 0.25) is 0 Å². The molecule has 0 aliphatic carbocycles. The minimum absolute atomic E-state index is 0.296. The van der Waals surface area contributed by atoms with Crippen molar-refractivity contribution in [3.63, 3.8) is 0 Å². The summed E-state index contributed by atoms with van der Waals surface area (Å²) in [6, 6.07) is 36.3. The standard InChI is InChI=1S/C26H20N2O2/c29-25(21-13-5-1-6-14-21)27(23-17-9-3-10-18-23)28(24-19-11-4-12-20-24)26(30)22-15-7-2-8-16-22/h1-20H. The maximum absolute atomic E-state index is 13.6. The summed E-state index contributed by atoms with van der Waals surface area (Å²) in [4.78, 5) is 27.3. The van der Waals surface area contributed by atoms with Gasteiger partial charge < -0.3 is 0 Å². The topological polar surface area (TPSA) is 40.6 Å². The predicted octanol–water partition coefficient (Wildman–Crippen LogP) is 5.60. The van der Waals surface area contributed by atoms with Crippen LogP contribution in [0.2, 0.25) is 0 Å². The van der Waals surface area contributed by atoms with E-state index in [2.05, 4.69) is 0 Å². The molecule has 0 fully saturated rings. The molecule has 0 aromatic heterocycles. The van der Waals surface area contributed by atoms with Crippen LogP contribution in [0.5, 0.6) is 0 Å². The van der Waals surface area contributed by atoms with E-state index in [4.69, 9.17) is 0 Å². The van der Waals surface area contributed by atoms with E-state index in [1.165, 1.54) is 10.0 Å². The van der Waals surface area contributed by atoms with Gasteiger partial charge >= 0.3 is 0 Å². The normalized spacial score (nSPS) is 10.3. The molecule has 0 radical (unpaired) electrons. The van der Waals surface area contributed by atoms with Gasteiger partial charge in [-0.05, 0) is 48.5 Å². The summed E-state index contributed by atoms with van der Waals surface area (Å²) in [5, 5.41) is 2.86. The van der Waals surface area contributed by atoms with Gasteiger partial charge in [0.25, 0.3) is 11.8 Å². The Hall–Kier alpha value is -4.18. The lowest BCUT2D eigenvalue weighted by atomic mass is 10.1. The molecule has 4 aromatic rings. The van der Waals surface area contributed by atoms with Crippen molar-refractivity contribution in [2.75, 3.05) is 10.0 Å². The number of carbonyl (C=O) groups excluding carboxylic acids is 2. The second kappa shape index (κ2) is 8.88. The SMILES string of the molecule is O=C(c1ccccc1)N(c1ccccc1)N(C(=O)c1ccccc1)c1ccccc1. The quantitative estimate of drug-likeness (QED) is 0.425. The van der Waals surface area contributed by atoms with Crippen molar-refractivity contribution in [1.82, 2.24) is 0 Å².